The van der Waals surface area contributed by atoms with Gasteiger partial charge >= 0.3 is 0 Å². The maximum atomic E-state index is 13.0. The van der Waals surface area contributed by atoms with Crippen LogP contribution < -0.4 is 10.2 Å². The monoisotopic (exact) mass is 427 g/mol. The van der Waals surface area contributed by atoms with Crippen molar-refractivity contribution in [3.8, 4) is 0 Å². The van der Waals surface area contributed by atoms with Crippen molar-refractivity contribution >= 4 is 51.6 Å². The number of para-hydroxylation sites is 2. The molecule has 1 N–H and O–H groups in total. The number of benzene rings is 3. The summed E-state index contributed by atoms with van der Waals surface area (Å²) in [5.41, 5.74) is 2.18. The van der Waals surface area contributed by atoms with Crippen molar-refractivity contribution in [1.82, 2.24) is 4.98 Å². The number of nitrogens with zero attached hydrogens (tertiary/aromatic N) is 2. The highest BCUT2D eigenvalue weighted by atomic mass is 35.5. The lowest BCUT2D eigenvalue weighted by Crippen LogP contribution is -2.29. The molecule has 0 spiro atoms. The zero-order chi connectivity index (χ0) is 21.5. The maximum Gasteiger partial charge on any atom is 0.266 e. The second-order valence-corrected chi connectivity index (χ2v) is 7.40. The molecule has 0 fully saturated rings. The van der Waals surface area contributed by atoms with E-state index in [4.69, 9.17) is 11.6 Å². The van der Waals surface area contributed by atoms with Crippen LogP contribution in [0.4, 0.5) is 11.4 Å². The first kappa shape index (κ1) is 19.0. The van der Waals surface area contributed by atoms with Crippen molar-refractivity contribution in [3.63, 3.8) is 0 Å². The number of hydrogen-bond donors (Lipinski definition) is 1. The number of halogens is 1. The fourth-order valence-electron chi connectivity index (χ4n) is 3.63. The Morgan fingerprint density at radius 2 is 1.65 bits per heavy atom. The van der Waals surface area contributed by atoms with Crippen molar-refractivity contribution in [2.75, 3.05) is 10.2 Å². The molecule has 0 aliphatic carbocycles. The van der Waals surface area contributed by atoms with Crippen LogP contribution in [0.2, 0.25) is 5.02 Å². The third-order valence-corrected chi connectivity index (χ3v) is 5.44. The lowest BCUT2D eigenvalue weighted by atomic mass is 10.1. The van der Waals surface area contributed by atoms with E-state index < -0.39 is 17.7 Å². The first-order valence-electron chi connectivity index (χ1n) is 9.47. The van der Waals surface area contributed by atoms with Crippen LogP contribution in [0.15, 0.2) is 79.0 Å². The van der Waals surface area contributed by atoms with Crippen LogP contribution in [-0.4, -0.2) is 22.7 Å². The Morgan fingerprint density at radius 1 is 0.871 bits per heavy atom. The average molecular weight is 428 g/mol. The lowest BCUT2D eigenvalue weighted by Gasteiger charge is -2.15. The van der Waals surface area contributed by atoms with E-state index >= 15 is 0 Å². The van der Waals surface area contributed by atoms with Crippen molar-refractivity contribution in [1.29, 1.82) is 0 Å². The van der Waals surface area contributed by atoms with Gasteiger partial charge in [0.1, 0.15) is 0 Å². The summed E-state index contributed by atoms with van der Waals surface area (Å²) in [7, 11) is 0. The Kier molecular flexibility index (Phi) is 4.49. The number of pyridine rings is 1. The Labute approximate surface area is 182 Å². The van der Waals surface area contributed by atoms with E-state index in [-0.39, 0.29) is 16.7 Å². The number of nitrogens with one attached hydrogen (secondary N) is 1. The molecule has 3 aromatic carbocycles. The normalized spacial score (nSPS) is 12.9. The predicted octanol–water partition coefficient (Wildman–Crippen LogP) is 4.94. The molecule has 0 bridgehead atoms. The molecular weight excluding hydrogens is 414 g/mol. The Hall–Kier alpha value is -4.03. The molecule has 6 nitrogen and oxygen atoms in total. The SMILES string of the molecule is O=C(Nc1cccc2cccnc12)c1ccc2c(c1)C(=O)N(c1ccccc1Cl)C2=O. The van der Waals surface area contributed by atoms with Gasteiger partial charge in [-0.3, -0.25) is 19.4 Å². The van der Waals surface area contributed by atoms with Crippen LogP contribution >= 0.6 is 11.6 Å². The second-order valence-electron chi connectivity index (χ2n) is 6.99. The number of hydrogen-bond acceptors (Lipinski definition) is 4. The van der Waals surface area contributed by atoms with Gasteiger partial charge in [0.15, 0.2) is 0 Å². The molecule has 1 aliphatic heterocycles. The van der Waals surface area contributed by atoms with Gasteiger partial charge < -0.3 is 5.32 Å². The number of amides is 3. The van der Waals surface area contributed by atoms with Crippen molar-refractivity contribution in [2.24, 2.45) is 0 Å². The highest BCUT2D eigenvalue weighted by molar-refractivity contribution is 6.40. The fourth-order valence-corrected chi connectivity index (χ4v) is 3.85. The van der Waals surface area contributed by atoms with Crippen LogP contribution in [0.5, 0.6) is 0 Å². The summed E-state index contributed by atoms with van der Waals surface area (Å²) in [6.07, 6.45) is 1.65. The topological polar surface area (TPSA) is 79.4 Å². The maximum absolute atomic E-state index is 13.0. The van der Waals surface area contributed by atoms with Gasteiger partial charge in [-0.1, -0.05) is 41.9 Å². The number of anilines is 2. The highest BCUT2D eigenvalue weighted by Gasteiger charge is 2.38. The Morgan fingerprint density at radius 3 is 2.48 bits per heavy atom. The third kappa shape index (κ3) is 3.14. The molecule has 0 saturated heterocycles. The van der Waals surface area contributed by atoms with Gasteiger partial charge in [0.05, 0.1) is 33.0 Å². The van der Waals surface area contributed by atoms with Crippen LogP contribution in [0, 0.1) is 0 Å². The predicted molar refractivity (Wildman–Crippen MR) is 119 cm³/mol. The van der Waals surface area contributed by atoms with Gasteiger partial charge in [-0.25, -0.2) is 4.90 Å². The zero-order valence-electron chi connectivity index (χ0n) is 16.0. The van der Waals surface area contributed by atoms with Crippen LogP contribution in [0.25, 0.3) is 10.9 Å². The number of carbonyl (C=O) groups is 3. The largest absolute Gasteiger partial charge is 0.320 e. The Bertz CT molecular complexity index is 1390. The molecule has 1 aliphatic rings. The summed E-state index contributed by atoms with van der Waals surface area (Å²) >= 11 is 6.18. The van der Waals surface area contributed by atoms with Gasteiger partial charge in [-0.2, -0.15) is 0 Å². The molecule has 7 heteroatoms. The summed E-state index contributed by atoms with van der Waals surface area (Å²) in [6.45, 7) is 0. The second kappa shape index (κ2) is 7.34. The van der Waals surface area contributed by atoms with Gasteiger partial charge in [0.2, 0.25) is 0 Å². The minimum Gasteiger partial charge on any atom is -0.320 e. The molecule has 3 amide bonds. The molecule has 150 valence electrons. The number of rotatable bonds is 3. The summed E-state index contributed by atoms with van der Waals surface area (Å²) in [4.78, 5) is 44.0. The van der Waals surface area contributed by atoms with Crippen molar-refractivity contribution in [2.45, 2.75) is 0 Å². The van der Waals surface area contributed by atoms with Gasteiger partial charge in [-0.05, 0) is 42.5 Å². The third-order valence-electron chi connectivity index (χ3n) is 5.12. The summed E-state index contributed by atoms with van der Waals surface area (Å²) in [6, 6.07) is 20.3. The number of imide groups is 1. The quantitative estimate of drug-likeness (QED) is 0.469. The first-order chi connectivity index (χ1) is 15.0. The van der Waals surface area contributed by atoms with E-state index in [1.54, 1.807) is 36.5 Å². The van der Waals surface area contributed by atoms with E-state index in [0.717, 1.165) is 10.3 Å². The van der Waals surface area contributed by atoms with Crippen molar-refractivity contribution in [3.05, 3.63) is 101 Å². The highest BCUT2D eigenvalue weighted by Crippen LogP contribution is 2.33. The number of fused-ring (bicyclic) bond motifs is 2. The molecule has 4 aromatic rings. The van der Waals surface area contributed by atoms with E-state index in [0.29, 0.717) is 21.9 Å². The average Bonchev–Trinajstić information content (AvgIpc) is 3.04. The lowest BCUT2D eigenvalue weighted by molar-refractivity contribution is 0.0925. The van der Waals surface area contributed by atoms with Gasteiger partial charge in [0.25, 0.3) is 17.7 Å². The molecule has 0 radical (unpaired) electrons. The number of carbonyl (C=O) groups excluding carboxylic acids is 3. The van der Waals surface area contributed by atoms with E-state index in [9.17, 15) is 14.4 Å². The smallest absolute Gasteiger partial charge is 0.266 e. The molecule has 0 atom stereocenters. The molecule has 0 unspecified atom stereocenters. The minimum absolute atomic E-state index is 0.161. The molecule has 0 saturated carbocycles. The first-order valence-corrected chi connectivity index (χ1v) is 9.85. The van der Waals surface area contributed by atoms with Gasteiger partial charge in [0, 0.05) is 17.1 Å². The minimum atomic E-state index is -0.519. The van der Waals surface area contributed by atoms with E-state index in [1.165, 1.54) is 18.2 Å². The fraction of sp³-hybridized carbons (Fsp3) is 0. The van der Waals surface area contributed by atoms with Crippen LogP contribution in [-0.2, 0) is 0 Å². The standard InChI is InChI=1S/C24H14ClN3O3/c25-18-7-1-2-9-20(18)28-23(30)16-11-10-15(13-17(16)24(28)31)22(29)27-19-8-3-5-14-6-4-12-26-21(14)19/h1-13H,(H,27,29). The molecule has 1 aromatic heterocycles. The molecular formula is C24H14ClN3O3. The molecule has 5 rings (SSSR count). The van der Waals surface area contributed by atoms with Crippen LogP contribution in [0.3, 0.4) is 0 Å². The Balaban J connectivity index is 1.48. The summed E-state index contributed by atoms with van der Waals surface area (Å²) in [5.74, 6) is -1.40. The van der Waals surface area contributed by atoms with E-state index in [2.05, 4.69) is 10.3 Å². The van der Waals surface area contributed by atoms with E-state index in [1.807, 2.05) is 24.3 Å². The summed E-state index contributed by atoms with van der Waals surface area (Å²) in [5, 5.41) is 4.02. The van der Waals surface area contributed by atoms with Gasteiger partial charge in [-0.15, -0.1) is 0 Å². The number of aromatic nitrogens is 1. The molecule has 31 heavy (non-hydrogen) atoms. The zero-order valence-corrected chi connectivity index (χ0v) is 16.8. The summed E-state index contributed by atoms with van der Waals surface area (Å²) < 4.78 is 0. The van der Waals surface area contributed by atoms with Crippen molar-refractivity contribution < 1.29 is 14.4 Å². The molecule has 2 heterocycles. The van der Waals surface area contributed by atoms with Crippen LogP contribution in [0.1, 0.15) is 31.1 Å².